The van der Waals surface area contributed by atoms with Crippen molar-refractivity contribution in [1.29, 1.82) is 0 Å². The molecule has 0 saturated heterocycles. The average molecular weight is 361 g/mol. The van der Waals surface area contributed by atoms with Crippen molar-refractivity contribution in [3.05, 3.63) is 57.7 Å². The molecule has 0 aliphatic carbocycles. The van der Waals surface area contributed by atoms with Crippen molar-refractivity contribution in [2.24, 2.45) is 4.99 Å². The number of nitrogens with zero attached hydrogens (tertiary/aromatic N) is 3. The molecule has 7 heteroatoms. The highest BCUT2D eigenvalue weighted by Gasteiger charge is 2.55. The van der Waals surface area contributed by atoms with Crippen molar-refractivity contribution in [3.8, 4) is 0 Å². The molecule has 0 fully saturated rings. The summed E-state index contributed by atoms with van der Waals surface area (Å²) in [6.45, 7) is 3.14. The first-order valence-electron chi connectivity index (χ1n) is 7.86. The molecule has 1 atom stereocenters. The summed E-state index contributed by atoms with van der Waals surface area (Å²) in [5.74, 6) is -3.52. The van der Waals surface area contributed by atoms with Crippen LogP contribution in [0.1, 0.15) is 36.4 Å². The Morgan fingerprint density at radius 3 is 2.72 bits per heavy atom. The van der Waals surface area contributed by atoms with Crippen molar-refractivity contribution in [2.45, 2.75) is 31.7 Å². The van der Waals surface area contributed by atoms with Crippen molar-refractivity contribution in [2.75, 3.05) is 0 Å². The van der Waals surface area contributed by atoms with Crippen molar-refractivity contribution in [3.63, 3.8) is 0 Å². The summed E-state index contributed by atoms with van der Waals surface area (Å²) in [6, 6.07) is 7.86. The third-order valence-corrected chi connectivity index (χ3v) is 5.72. The van der Waals surface area contributed by atoms with Crippen molar-refractivity contribution in [1.82, 2.24) is 10.2 Å². The molecule has 1 aromatic carbocycles. The van der Waals surface area contributed by atoms with Gasteiger partial charge in [-0.1, -0.05) is 19.1 Å². The molecule has 0 N–H and O–H groups in total. The maximum atomic E-state index is 14.9. The molecule has 1 unspecified atom stereocenters. The number of rotatable bonds is 2. The van der Waals surface area contributed by atoms with Gasteiger partial charge in [0.25, 0.3) is 0 Å². The molecule has 3 nitrogen and oxygen atoms in total. The zero-order valence-corrected chi connectivity index (χ0v) is 14.4. The van der Waals surface area contributed by atoms with Crippen LogP contribution in [0.5, 0.6) is 0 Å². The molecule has 2 aromatic heterocycles. The quantitative estimate of drug-likeness (QED) is 0.648. The Kier molecular flexibility index (Phi) is 3.47. The van der Waals surface area contributed by atoms with Crippen molar-refractivity contribution < 1.29 is 13.2 Å². The minimum absolute atomic E-state index is 0.0111. The molecular formula is C18H14F3N3S. The van der Waals surface area contributed by atoms with Crippen LogP contribution < -0.4 is 0 Å². The van der Waals surface area contributed by atoms with Crippen molar-refractivity contribution >= 4 is 28.0 Å². The first-order valence-corrected chi connectivity index (χ1v) is 8.73. The Balaban J connectivity index is 1.96. The zero-order valence-electron chi connectivity index (χ0n) is 13.6. The van der Waals surface area contributed by atoms with Gasteiger partial charge in [-0.25, -0.2) is 4.39 Å². The van der Waals surface area contributed by atoms with Crippen LogP contribution in [0.2, 0.25) is 0 Å². The van der Waals surface area contributed by atoms with Gasteiger partial charge in [0.2, 0.25) is 0 Å². The third-order valence-electron chi connectivity index (χ3n) is 4.74. The fourth-order valence-corrected chi connectivity index (χ4v) is 4.01. The van der Waals surface area contributed by atoms with E-state index in [1.807, 2.05) is 0 Å². The maximum absolute atomic E-state index is 14.9. The number of benzene rings is 1. The second kappa shape index (κ2) is 5.36. The standard InChI is InChI=1S/C18H14F3N3S/c1-3-17(2)18(20,21)16-11(7-8-25-16)15(22-17)13-9-10-5-4-6-12(19)14(10)24-23-13/h4-9H,3H2,1-2H3. The number of aliphatic imine (C=N–C) groups is 1. The molecule has 0 bridgehead atoms. The SMILES string of the molecule is CCC1(C)N=C(c2cc3cccc(F)c3nn2)c2ccsc2C1(F)F. The lowest BCUT2D eigenvalue weighted by molar-refractivity contribution is -0.0735. The van der Waals surface area contributed by atoms with Crippen LogP contribution in [0.25, 0.3) is 10.9 Å². The Hall–Kier alpha value is -2.28. The molecule has 3 aromatic rings. The predicted molar refractivity (Wildman–Crippen MR) is 92.0 cm³/mol. The van der Waals surface area contributed by atoms with E-state index in [1.54, 1.807) is 36.6 Å². The maximum Gasteiger partial charge on any atom is 0.307 e. The summed E-state index contributed by atoms with van der Waals surface area (Å²) >= 11 is 1.02. The topological polar surface area (TPSA) is 38.1 Å². The lowest BCUT2D eigenvalue weighted by Crippen LogP contribution is -2.45. The number of halogens is 3. The van der Waals surface area contributed by atoms with E-state index in [9.17, 15) is 13.2 Å². The summed E-state index contributed by atoms with van der Waals surface area (Å²) in [5, 5.41) is 10.2. The molecule has 4 rings (SSSR count). The van der Waals surface area contributed by atoms with Gasteiger partial charge < -0.3 is 0 Å². The van der Waals surface area contributed by atoms with Crippen LogP contribution in [0, 0.1) is 5.82 Å². The second-order valence-electron chi connectivity index (χ2n) is 6.23. The Bertz CT molecular complexity index is 1010. The van der Waals surface area contributed by atoms with E-state index in [0.29, 0.717) is 22.4 Å². The monoisotopic (exact) mass is 361 g/mol. The summed E-state index contributed by atoms with van der Waals surface area (Å²) < 4.78 is 43.6. The molecule has 3 heterocycles. The van der Waals surface area contributed by atoms with Gasteiger partial charge in [-0.15, -0.1) is 21.5 Å². The minimum atomic E-state index is -3.05. The van der Waals surface area contributed by atoms with Crippen LogP contribution >= 0.6 is 11.3 Å². The second-order valence-corrected chi connectivity index (χ2v) is 7.15. The Morgan fingerprint density at radius 2 is 1.96 bits per heavy atom. The normalized spacial score (nSPS) is 21.9. The first kappa shape index (κ1) is 16.2. The molecular weight excluding hydrogens is 347 g/mol. The van der Waals surface area contributed by atoms with Crippen LogP contribution in [0.3, 0.4) is 0 Å². The van der Waals surface area contributed by atoms with Gasteiger partial charge in [-0.05, 0) is 36.9 Å². The van der Waals surface area contributed by atoms with E-state index in [1.165, 1.54) is 13.0 Å². The van der Waals surface area contributed by atoms with E-state index in [0.717, 1.165) is 11.3 Å². The molecule has 0 radical (unpaired) electrons. The first-order chi connectivity index (χ1) is 11.9. The number of thiophene rings is 1. The number of fused-ring (bicyclic) bond motifs is 2. The molecule has 0 spiro atoms. The van der Waals surface area contributed by atoms with Crippen LogP contribution in [0.4, 0.5) is 13.2 Å². The zero-order chi connectivity index (χ0) is 17.8. The summed E-state index contributed by atoms with van der Waals surface area (Å²) in [7, 11) is 0. The van der Waals surface area contributed by atoms with Gasteiger partial charge in [0.15, 0.2) is 5.82 Å². The number of hydrogen-bond acceptors (Lipinski definition) is 4. The highest BCUT2D eigenvalue weighted by molar-refractivity contribution is 7.10. The molecule has 25 heavy (non-hydrogen) atoms. The Labute approximate surface area is 146 Å². The molecule has 128 valence electrons. The minimum Gasteiger partial charge on any atom is -0.269 e. The van der Waals surface area contributed by atoms with E-state index < -0.39 is 17.3 Å². The molecule has 0 saturated carbocycles. The van der Waals surface area contributed by atoms with Crippen LogP contribution in [-0.2, 0) is 5.92 Å². The van der Waals surface area contributed by atoms with E-state index in [4.69, 9.17) is 0 Å². The van der Waals surface area contributed by atoms with E-state index in [-0.39, 0.29) is 16.8 Å². The smallest absolute Gasteiger partial charge is 0.269 e. The molecule has 1 aliphatic rings. The largest absolute Gasteiger partial charge is 0.307 e. The number of alkyl halides is 2. The highest BCUT2D eigenvalue weighted by atomic mass is 32.1. The van der Waals surface area contributed by atoms with E-state index in [2.05, 4.69) is 15.2 Å². The molecule has 1 aliphatic heterocycles. The fraction of sp³-hybridized carbons (Fsp3) is 0.278. The van der Waals surface area contributed by atoms with Gasteiger partial charge in [0, 0.05) is 10.9 Å². The third kappa shape index (κ3) is 2.22. The number of hydrogen-bond donors (Lipinski definition) is 0. The van der Waals surface area contributed by atoms with Gasteiger partial charge in [-0.3, -0.25) is 4.99 Å². The van der Waals surface area contributed by atoms with Gasteiger partial charge in [0.05, 0.1) is 10.6 Å². The van der Waals surface area contributed by atoms with Gasteiger partial charge in [0.1, 0.15) is 16.7 Å². The summed E-state index contributed by atoms with van der Waals surface area (Å²) in [5.41, 5.74) is -0.292. The van der Waals surface area contributed by atoms with Crippen LogP contribution in [-0.4, -0.2) is 21.4 Å². The van der Waals surface area contributed by atoms with Crippen LogP contribution in [0.15, 0.2) is 40.7 Å². The number of aromatic nitrogens is 2. The van der Waals surface area contributed by atoms with E-state index >= 15 is 0 Å². The lowest BCUT2D eigenvalue weighted by Gasteiger charge is -2.37. The summed E-state index contributed by atoms with van der Waals surface area (Å²) in [6.07, 6.45) is 0.177. The van der Waals surface area contributed by atoms with Gasteiger partial charge in [-0.2, -0.15) is 8.78 Å². The summed E-state index contributed by atoms with van der Waals surface area (Å²) in [4.78, 5) is 4.36. The van der Waals surface area contributed by atoms with Gasteiger partial charge >= 0.3 is 5.92 Å². The Morgan fingerprint density at radius 1 is 1.16 bits per heavy atom. The average Bonchev–Trinajstić information content (AvgIpc) is 3.09. The highest BCUT2D eigenvalue weighted by Crippen LogP contribution is 2.50. The predicted octanol–water partition coefficient (Wildman–Crippen LogP) is 4.94. The molecule has 0 amide bonds. The lowest BCUT2D eigenvalue weighted by atomic mass is 9.84. The fourth-order valence-electron chi connectivity index (χ4n) is 3.01.